The molecule has 0 N–H and O–H groups in total. The molecule has 2 unspecified atom stereocenters. The minimum absolute atomic E-state index is 0.724. The molecule has 0 aromatic heterocycles. The molecule has 1 rings (SSSR count). The van der Waals surface area contributed by atoms with Crippen molar-refractivity contribution in [3.05, 3.63) is 0 Å². The zero-order chi connectivity index (χ0) is 11.3. The second kappa shape index (κ2) is 6.02. The van der Waals surface area contributed by atoms with Crippen molar-refractivity contribution >= 4 is 8.56 Å². The maximum absolute atomic E-state index is 6.15. The molecule has 0 aromatic rings. The average molecular weight is 230 g/mol. The van der Waals surface area contributed by atoms with E-state index in [0.29, 0.717) is 0 Å². The molecule has 90 valence electrons. The fourth-order valence-electron chi connectivity index (χ4n) is 3.08. The van der Waals surface area contributed by atoms with Gasteiger partial charge in [0.2, 0.25) is 0 Å². The van der Waals surface area contributed by atoms with Gasteiger partial charge >= 0.3 is 8.56 Å². The second-order valence-electron chi connectivity index (χ2n) is 4.38. The lowest BCUT2D eigenvalue weighted by Gasteiger charge is -2.35. The van der Waals surface area contributed by atoms with Gasteiger partial charge in [0.25, 0.3) is 0 Å². The topological polar surface area (TPSA) is 18.5 Å². The van der Waals surface area contributed by atoms with Gasteiger partial charge in [-0.2, -0.15) is 0 Å². The van der Waals surface area contributed by atoms with E-state index in [1.807, 2.05) is 0 Å². The zero-order valence-corrected chi connectivity index (χ0v) is 11.7. The Morgan fingerprint density at radius 2 is 1.27 bits per heavy atom. The van der Waals surface area contributed by atoms with Crippen molar-refractivity contribution < 1.29 is 8.85 Å². The average Bonchev–Trinajstić information content (AvgIpc) is 2.57. The summed E-state index contributed by atoms with van der Waals surface area (Å²) >= 11 is 0. The van der Waals surface area contributed by atoms with Crippen LogP contribution in [0.4, 0.5) is 0 Å². The molecule has 2 nitrogen and oxygen atoms in total. The first kappa shape index (κ1) is 13.2. The van der Waals surface area contributed by atoms with Gasteiger partial charge in [0, 0.05) is 24.3 Å². The van der Waals surface area contributed by atoms with E-state index >= 15 is 0 Å². The highest BCUT2D eigenvalue weighted by atomic mass is 28.4. The van der Waals surface area contributed by atoms with E-state index in [1.54, 1.807) is 0 Å². The Morgan fingerprint density at radius 3 is 1.53 bits per heavy atom. The molecule has 0 spiro atoms. The minimum Gasteiger partial charge on any atom is -0.394 e. The molecule has 3 heteroatoms. The molecule has 0 saturated carbocycles. The van der Waals surface area contributed by atoms with Gasteiger partial charge in [-0.25, -0.2) is 0 Å². The van der Waals surface area contributed by atoms with Crippen molar-refractivity contribution in [2.24, 2.45) is 0 Å². The van der Waals surface area contributed by atoms with E-state index in [-0.39, 0.29) is 0 Å². The second-order valence-corrected chi connectivity index (χ2v) is 8.03. The summed E-state index contributed by atoms with van der Waals surface area (Å²) < 4.78 is 12.3. The molecule has 1 aliphatic heterocycles. The van der Waals surface area contributed by atoms with E-state index in [1.165, 1.54) is 25.7 Å². The SMILES string of the molecule is CCO[Si]1(OCC)C(CC)CCC1CC. The third-order valence-electron chi connectivity index (χ3n) is 3.73. The molecule has 0 amide bonds. The summed E-state index contributed by atoms with van der Waals surface area (Å²) in [7, 11) is -1.89. The number of hydrogen-bond donors (Lipinski definition) is 0. The molecular formula is C12H26O2Si. The van der Waals surface area contributed by atoms with E-state index in [0.717, 1.165) is 24.3 Å². The van der Waals surface area contributed by atoms with Crippen molar-refractivity contribution in [3.63, 3.8) is 0 Å². The summed E-state index contributed by atoms with van der Waals surface area (Å²) in [6.45, 7) is 10.4. The molecule has 0 bridgehead atoms. The molecule has 1 fully saturated rings. The summed E-state index contributed by atoms with van der Waals surface area (Å²) in [5.41, 5.74) is 1.45. The van der Waals surface area contributed by atoms with Crippen LogP contribution >= 0.6 is 0 Å². The van der Waals surface area contributed by atoms with Crippen molar-refractivity contribution in [3.8, 4) is 0 Å². The van der Waals surface area contributed by atoms with Gasteiger partial charge in [-0.05, 0) is 26.7 Å². The van der Waals surface area contributed by atoms with Crippen molar-refractivity contribution in [1.82, 2.24) is 0 Å². The van der Waals surface area contributed by atoms with Crippen molar-refractivity contribution in [2.45, 2.75) is 64.5 Å². The zero-order valence-electron chi connectivity index (χ0n) is 10.7. The predicted molar refractivity (Wildman–Crippen MR) is 66.3 cm³/mol. The van der Waals surface area contributed by atoms with Crippen LogP contribution in [0, 0.1) is 0 Å². The van der Waals surface area contributed by atoms with Crippen LogP contribution in [-0.4, -0.2) is 21.8 Å². The Bertz CT molecular complexity index is 164. The van der Waals surface area contributed by atoms with Crippen LogP contribution < -0.4 is 0 Å². The third-order valence-corrected chi connectivity index (χ3v) is 8.88. The van der Waals surface area contributed by atoms with Crippen molar-refractivity contribution in [1.29, 1.82) is 0 Å². The smallest absolute Gasteiger partial charge is 0.344 e. The van der Waals surface area contributed by atoms with E-state index in [9.17, 15) is 0 Å². The summed E-state index contributed by atoms with van der Waals surface area (Å²) in [6, 6.07) is 0. The lowest BCUT2D eigenvalue weighted by molar-refractivity contribution is 0.169. The lowest BCUT2D eigenvalue weighted by Crippen LogP contribution is -2.47. The third kappa shape index (κ3) is 2.45. The fraction of sp³-hybridized carbons (Fsp3) is 1.00. The lowest BCUT2D eigenvalue weighted by atomic mass is 10.1. The van der Waals surface area contributed by atoms with Crippen LogP contribution in [0.1, 0.15) is 53.4 Å². The highest BCUT2D eigenvalue weighted by Gasteiger charge is 2.54. The first-order valence-electron chi connectivity index (χ1n) is 6.52. The van der Waals surface area contributed by atoms with Crippen LogP contribution in [-0.2, 0) is 8.85 Å². The Labute approximate surface area is 95.6 Å². The van der Waals surface area contributed by atoms with Crippen LogP contribution in [0.15, 0.2) is 0 Å². The highest BCUT2D eigenvalue weighted by Crippen LogP contribution is 2.51. The fourth-order valence-corrected chi connectivity index (χ4v) is 7.95. The van der Waals surface area contributed by atoms with Gasteiger partial charge in [0.1, 0.15) is 0 Å². The van der Waals surface area contributed by atoms with E-state index < -0.39 is 8.56 Å². The Hall–Kier alpha value is 0.137. The first-order valence-corrected chi connectivity index (χ1v) is 8.50. The Balaban J connectivity index is 2.84. The maximum Gasteiger partial charge on any atom is 0.344 e. The monoisotopic (exact) mass is 230 g/mol. The summed E-state index contributed by atoms with van der Waals surface area (Å²) in [5.74, 6) is 0. The molecule has 15 heavy (non-hydrogen) atoms. The Morgan fingerprint density at radius 1 is 0.867 bits per heavy atom. The maximum atomic E-state index is 6.15. The molecule has 0 aromatic carbocycles. The van der Waals surface area contributed by atoms with Crippen LogP contribution in [0.2, 0.25) is 11.1 Å². The van der Waals surface area contributed by atoms with Gasteiger partial charge in [0.05, 0.1) is 0 Å². The van der Waals surface area contributed by atoms with Crippen LogP contribution in [0.3, 0.4) is 0 Å². The van der Waals surface area contributed by atoms with Gasteiger partial charge in [-0.3, -0.25) is 0 Å². The highest BCUT2D eigenvalue weighted by molar-refractivity contribution is 6.71. The predicted octanol–water partition coefficient (Wildman–Crippen LogP) is 3.86. The number of hydrogen-bond acceptors (Lipinski definition) is 2. The molecular weight excluding hydrogens is 204 g/mol. The largest absolute Gasteiger partial charge is 0.394 e. The number of rotatable bonds is 6. The van der Waals surface area contributed by atoms with E-state index in [2.05, 4.69) is 27.7 Å². The molecule has 1 aliphatic rings. The molecule has 2 atom stereocenters. The molecule has 1 saturated heterocycles. The van der Waals surface area contributed by atoms with E-state index in [4.69, 9.17) is 8.85 Å². The van der Waals surface area contributed by atoms with Gasteiger partial charge in [-0.1, -0.05) is 26.7 Å². The summed E-state index contributed by atoms with van der Waals surface area (Å²) in [5, 5.41) is 0. The normalized spacial score (nSPS) is 29.6. The molecule has 0 aliphatic carbocycles. The van der Waals surface area contributed by atoms with Crippen LogP contribution in [0.5, 0.6) is 0 Å². The van der Waals surface area contributed by atoms with Gasteiger partial charge in [0.15, 0.2) is 0 Å². The first-order chi connectivity index (χ1) is 7.25. The van der Waals surface area contributed by atoms with Crippen LogP contribution in [0.25, 0.3) is 0 Å². The molecule has 1 heterocycles. The Kier molecular flexibility index (Phi) is 5.30. The molecule has 0 radical (unpaired) electrons. The quantitative estimate of drug-likeness (QED) is 0.645. The van der Waals surface area contributed by atoms with Gasteiger partial charge < -0.3 is 8.85 Å². The van der Waals surface area contributed by atoms with Gasteiger partial charge in [-0.15, -0.1) is 0 Å². The summed E-state index contributed by atoms with van der Waals surface area (Å²) in [4.78, 5) is 0. The minimum atomic E-state index is -1.89. The standard InChI is InChI=1S/C12H26O2Si/c1-5-11-9-10-12(6-2)15(11,13-7-3)14-8-4/h11-12H,5-10H2,1-4H3. The summed E-state index contributed by atoms with van der Waals surface area (Å²) in [6.07, 6.45) is 5.09. The van der Waals surface area contributed by atoms with Crippen molar-refractivity contribution in [2.75, 3.05) is 13.2 Å².